The van der Waals surface area contributed by atoms with Gasteiger partial charge in [-0.3, -0.25) is 19.3 Å². The van der Waals surface area contributed by atoms with E-state index in [-0.39, 0.29) is 36.1 Å². The molecule has 2 saturated heterocycles. The van der Waals surface area contributed by atoms with Crippen molar-refractivity contribution < 1.29 is 19.1 Å². The highest BCUT2D eigenvalue weighted by Gasteiger charge is 2.48. The second-order valence-corrected chi connectivity index (χ2v) is 7.45. The second kappa shape index (κ2) is 7.68. The summed E-state index contributed by atoms with van der Waals surface area (Å²) in [7, 11) is 0. The normalized spacial score (nSPS) is 25.5. The summed E-state index contributed by atoms with van der Waals surface area (Å²) in [5.41, 5.74) is 1.75. The molecule has 2 atom stereocenters. The highest BCUT2D eigenvalue weighted by atomic mass is 16.5. The molecule has 1 N–H and O–H groups in total. The summed E-state index contributed by atoms with van der Waals surface area (Å²) in [6.45, 7) is 2.95. The largest absolute Gasteiger partial charge is 0.378 e. The number of anilines is 2. The van der Waals surface area contributed by atoms with Crippen LogP contribution in [0.3, 0.4) is 0 Å². The molecule has 4 rings (SSSR count). The van der Waals surface area contributed by atoms with E-state index in [1.165, 1.54) is 0 Å². The number of hydrogen-bond donors (Lipinski definition) is 1. The summed E-state index contributed by atoms with van der Waals surface area (Å²) in [6.07, 6.45) is 3.48. The van der Waals surface area contributed by atoms with Gasteiger partial charge in [0.15, 0.2) is 0 Å². The molecule has 0 unspecified atom stereocenters. The molecule has 0 aromatic heterocycles. The third-order valence-corrected chi connectivity index (χ3v) is 5.76. The van der Waals surface area contributed by atoms with E-state index in [4.69, 9.17) is 4.74 Å². The van der Waals surface area contributed by atoms with Crippen molar-refractivity contribution in [2.45, 2.75) is 25.7 Å². The van der Waals surface area contributed by atoms with Crippen LogP contribution < -0.4 is 10.2 Å². The van der Waals surface area contributed by atoms with Crippen LogP contribution in [0.2, 0.25) is 0 Å². The van der Waals surface area contributed by atoms with Gasteiger partial charge in [0, 0.05) is 24.5 Å². The Bertz CT molecular complexity index is 703. The first-order valence-corrected chi connectivity index (χ1v) is 9.71. The highest BCUT2D eigenvalue weighted by Crippen LogP contribution is 2.37. The minimum atomic E-state index is -0.338. The Kier molecular flexibility index (Phi) is 5.11. The summed E-state index contributed by atoms with van der Waals surface area (Å²) in [5, 5.41) is 2.79. The molecule has 144 valence electrons. The number of nitrogens with one attached hydrogen (secondary N) is 1. The van der Waals surface area contributed by atoms with Gasteiger partial charge >= 0.3 is 0 Å². The van der Waals surface area contributed by atoms with E-state index in [1.807, 2.05) is 24.3 Å². The van der Waals surface area contributed by atoms with E-state index in [2.05, 4.69) is 10.2 Å². The fourth-order valence-electron chi connectivity index (χ4n) is 4.31. The average Bonchev–Trinajstić information content (AvgIpc) is 2.94. The lowest BCUT2D eigenvalue weighted by atomic mass is 9.81. The number of carbonyl (C=O) groups is 3. The molecular formula is C20H25N3O4. The zero-order valence-electron chi connectivity index (χ0n) is 15.4. The Hall–Kier alpha value is -2.41. The number of amides is 3. The Labute approximate surface area is 158 Å². The van der Waals surface area contributed by atoms with Crippen LogP contribution in [0.25, 0.3) is 0 Å². The molecule has 0 spiro atoms. The molecule has 7 nitrogen and oxygen atoms in total. The number of imide groups is 1. The van der Waals surface area contributed by atoms with Gasteiger partial charge in [-0.25, -0.2) is 0 Å². The minimum absolute atomic E-state index is 0.178. The minimum Gasteiger partial charge on any atom is -0.378 e. The van der Waals surface area contributed by atoms with Gasteiger partial charge in [-0.2, -0.15) is 0 Å². The second-order valence-electron chi connectivity index (χ2n) is 7.45. The van der Waals surface area contributed by atoms with E-state index in [0.717, 1.165) is 62.6 Å². The molecule has 2 heterocycles. The lowest BCUT2D eigenvalue weighted by Gasteiger charge is -2.28. The van der Waals surface area contributed by atoms with Gasteiger partial charge < -0.3 is 15.0 Å². The predicted molar refractivity (Wildman–Crippen MR) is 100 cm³/mol. The molecule has 1 saturated carbocycles. The molecule has 1 aromatic carbocycles. The van der Waals surface area contributed by atoms with Crippen LogP contribution in [0.1, 0.15) is 25.7 Å². The summed E-state index contributed by atoms with van der Waals surface area (Å²) < 4.78 is 5.35. The van der Waals surface area contributed by atoms with Crippen molar-refractivity contribution in [1.29, 1.82) is 0 Å². The van der Waals surface area contributed by atoms with E-state index in [1.54, 1.807) is 0 Å². The van der Waals surface area contributed by atoms with Gasteiger partial charge in [0.2, 0.25) is 17.7 Å². The summed E-state index contributed by atoms with van der Waals surface area (Å²) in [6, 6.07) is 7.61. The quantitative estimate of drug-likeness (QED) is 0.814. The molecule has 7 heteroatoms. The van der Waals surface area contributed by atoms with Gasteiger partial charge in [0.25, 0.3) is 0 Å². The van der Waals surface area contributed by atoms with Crippen LogP contribution in [-0.2, 0) is 19.1 Å². The molecule has 27 heavy (non-hydrogen) atoms. The third-order valence-electron chi connectivity index (χ3n) is 5.76. The lowest BCUT2D eigenvalue weighted by Crippen LogP contribution is -2.38. The zero-order chi connectivity index (χ0) is 18.8. The topological polar surface area (TPSA) is 79.0 Å². The van der Waals surface area contributed by atoms with Gasteiger partial charge in [0.1, 0.15) is 6.54 Å². The number of benzene rings is 1. The Morgan fingerprint density at radius 2 is 1.59 bits per heavy atom. The van der Waals surface area contributed by atoms with Crippen LogP contribution in [0.15, 0.2) is 24.3 Å². The smallest absolute Gasteiger partial charge is 0.244 e. The summed E-state index contributed by atoms with van der Waals surface area (Å²) in [4.78, 5) is 40.7. The van der Waals surface area contributed by atoms with Gasteiger partial charge in [-0.1, -0.05) is 12.8 Å². The third kappa shape index (κ3) is 3.69. The number of fused-ring (bicyclic) bond motifs is 1. The summed E-state index contributed by atoms with van der Waals surface area (Å²) >= 11 is 0. The molecule has 1 aromatic rings. The van der Waals surface area contributed by atoms with Crippen molar-refractivity contribution >= 4 is 29.1 Å². The van der Waals surface area contributed by atoms with E-state index >= 15 is 0 Å². The first kappa shape index (κ1) is 18.0. The fourth-order valence-corrected chi connectivity index (χ4v) is 4.31. The van der Waals surface area contributed by atoms with Crippen molar-refractivity contribution in [2.75, 3.05) is 43.1 Å². The predicted octanol–water partition coefficient (Wildman–Crippen LogP) is 1.64. The fraction of sp³-hybridized carbons (Fsp3) is 0.550. The average molecular weight is 371 g/mol. The number of nitrogens with zero attached hydrogens (tertiary/aromatic N) is 2. The molecule has 0 radical (unpaired) electrons. The number of morpholine rings is 1. The molecule has 2 aliphatic heterocycles. The van der Waals surface area contributed by atoms with Crippen molar-refractivity contribution in [3.8, 4) is 0 Å². The molecule has 3 aliphatic rings. The molecule has 1 aliphatic carbocycles. The number of rotatable bonds is 4. The van der Waals surface area contributed by atoms with Gasteiger partial charge in [-0.15, -0.1) is 0 Å². The zero-order valence-corrected chi connectivity index (χ0v) is 15.4. The van der Waals surface area contributed by atoms with Gasteiger partial charge in [-0.05, 0) is 37.1 Å². The number of hydrogen-bond acceptors (Lipinski definition) is 5. The van der Waals surface area contributed by atoms with E-state index in [0.29, 0.717) is 5.69 Å². The molecule has 3 fully saturated rings. The maximum atomic E-state index is 12.5. The first-order valence-electron chi connectivity index (χ1n) is 9.71. The van der Waals surface area contributed by atoms with Crippen LogP contribution in [0.4, 0.5) is 11.4 Å². The van der Waals surface area contributed by atoms with Gasteiger partial charge in [0.05, 0.1) is 25.0 Å². The standard InChI is InChI=1S/C20H25N3O4/c24-18(13-23-19(25)16-3-1-2-4-17(16)20(23)26)21-14-5-7-15(8-6-14)22-9-11-27-12-10-22/h5-8,16-17H,1-4,9-13H2,(H,21,24)/t16-,17-/m0/s1. The van der Waals surface area contributed by atoms with Crippen molar-refractivity contribution in [1.82, 2.24) is 4.90 Å². The van der Waals surface area contributed by atoms with Crippen molar-refractivity contribution in [2.24, 2.45) is 11.8 Å². The molecule has 3 amide bonds. The SMILES string of the molecule is O=C(CN1C(=O)[C@H]2CCCC[C@@H]2C1=O)Nc1ccc(N2CCOCC2)cc1. The number of likely N-dealkylation sites (tertiary alicyclic amines) is 1. The Balaban J connectivity index is 1.35. The Morgan fingerprint density at radius 3 is 2.19 bits per heavy atom. The maximum absolute atomic E-state index is 12.5. The number of ether oxygens (including phenoxy) is 1. The van der Waals surface area contributed by atoms with E-state index < -0.39 is 0 Å². The molecule has 0 bridgehead atoms. The highest BCUT2D eigenvalue weighted by molar-refractivity contribution is 6.08. The number of carbonyl (C=O) groups excluding carboxylic acids is 3. The van der Waals surface area contributed by atoms with E-state index in [9.17, 15) is 14.4 Å². The summed E-state index contributed by atoms with van der Waals surface area (Å²) in [5.74, 6) is -1.13. The van der Waals surface area contributed by atoms with Crippen molar-refractivity contribution in [3.05, 3.63) is 24.3 Å². The van der Waals surface area contributed by atoms with Crippen LogP contribution >= 0.6 is 0 Å². The van der Waals surface area contributed by atoms with Crippen LogP contribution in [0, 0.1) is 11.8 Å². The van der Waals surface area contributed by atoms with Crippen molar-refractivity contribution in [3.63, 3.8) is 0 Å². The lowest BCUT2D eigenvalue weighted by molar-refractivity contribution is -0.142. The Morgan fingerprint density at radius 1 is 1.00 bits per heavy atom. The maximum Gasteiger partial charge on any atom is 0.244 e. The van der Waals surface area contributed by atoms with Crippen LogP contribution in [-0.4, -0.2) is 55.5 Å². The monoisotopic (exact) mass is 371 g/mol. The molecular weight excluding hydrogens is 346 g/mol. The first-order chi connectivity index (χ1) is 13.1. The van der Waals surface area contributed by atoms with Crippen LogP contribution in [0.5, 0.6) is 0 Å².